The molecule has 158 valence electrons. The van der Waals surface area contributed by atoms with Gasteiger partial charge in [0.25, 0.3) is 5.69 Å². The van der Waals surface area contributed by atoms with Gasteiger partial charge in [0, 0.05) is 53.9 Å². The molecule has 0 radical (unpaired) electrons. The van der Waals surface area contributed by atoms with Crippen LogP contribution >= 0.6 is 34.8 Å². The van der Waals surface area contributed by atoms with Crippen LogP contribution < -0.4 is 9.64 Å². The minimum absolute atomic E-state index is 0.0490. The van der Waals surface area contributed by atoms with Crippen LogP contribution in [0.25, 0.3) is 6.08 Å². The number of anilines is 1. The number of rotatable bonds is 5. The van der Waals surface area contributed by atoms with E-state index in [9.17, 15) is 14.9 Å². The third-order valence-corrected chi connectivity index (χ3v) is 5.45. The number of amides is 1. The largest absolute Gasteiger partial charge is 0.495 e. The van der Waals surface area contributed by atoms with E-state index in [1.807, 2.05) is 4.90 Å². The number of ether oxygens (including phenoxy) is 1. The Morgan fingerprint density at radius 1 is 1.10 bits per heavy atom. The summed E-state index contributed by atoms with van der Waals surface area (Å²) in [5, 5.41) is 12.4. The monoisotopic (exact) mass is 469 g/mol. The SMILES string of the molecule is COc1c(Cl)cc(Cl)cc1C=CC(=O)N1CCN(c2ccc(Cl)cc2[N+](=O)[O-])CC1. The van der Waals surface area contributed by atoms with Crippen LogP contribution in [0, 0.1) is 10.1 Å². The van der Waals surface area contributed by atoms with Crippen LogP contribution in [0.1, 0.15) is 5.56 Å². The van der Waals surface area contributed by atoms with Crippen molar-refractivity contribution in [2.24, 2.45) is 0 Å². The molecule has 0 atom stereocenters. The Labute approximate surface area is 188 Å². The summed E-state index contributed by atoms with van der Waals surface area (Å²) in [5.41, 5.74) is 1.04. The molecule has 2 aromatic rings. The van der Waals surface area contributed by atoms with Gasteiger partial charge in [-0.05, 0) is 30.3 Å². The molecular weight excluding hydrogens is 453 g/mol. The highest BCUT2D eigenvalue weighted by atomic mass is 35.5. The fourth-order valence-corrected chi connectivity index (χ4v) is 4.02. The van der Waals surface area contributed by atoms with E-state index in [0.29, 0.717) is 58.2 Å². The van der Waals surface area contributed by atoms with E-state index in [-0.39, 0.29) is 11.6 Å². The molecule has 0 saturated carbocycles. The van der Waals surface area contributed by atoms with E-state index >= 15 is 0 Å². The highest BCUT2D eigenvalue weighted by Gasteiger charge is 2.25. The van der Waals surface area contributed by atoms with Gasteiger partial charge in [-0.1, -0.05) is 34.8 Å². The summed E-state index contributed by atoms with van der Waals surface area (Å²) in [4.78, 5) is 27.0. The highest BCUT2D eigenvalue weighted by molar-refractivity contribution is 6.36. The van der Waals surface area contributed by atoms with Gasteiger partial charge in [0.2, 0.25) is 5.91 Å². The minimum atomic E-state index is -0.453. The number of hydrogen-bond acceptors (Lipinski definition) is 5. The van der Waals surface area contributed by atoms with Gasteiger partial charge in [0.05, 0.1) is 17.1 Å². The molecule has 3 rings (SSSR count). The average Bonchev–Trinajstić information content (AvgIpc) is 2.71. The second-order valence-corrected chi connectivity index (χ2v) is 7.83. The lowest BCUT2D eigenvalue weighted by Crippen LogP contribution is -2.48. The van der Waals surface area contributed by atoms with E-state index in [1.54, 1.807) is 35.2 Å². The number of methoxy groups -OCH3 is 1. The van der Waals surface area contributed by atoms with Crippen LogP contribution in [0.15, 0.2) is 36.4 Å². The molecule has 1 aliphatic rings. The molecule has 1 amide bonds. The van der Waals surface area contributed by atoms with Crippen molar-refractivity contribution in [1.82, 2.24) is 4.90 Å². The molecule has 10 heteroatoms. The van der Waals surface area contributed by atoms with E-state index in [2.05, 4.69) is 0 Å². The van der Waals surface area contributed by atoms with Gasteiger partial charge in [-0.25, -0.2) is 0 Å². The van der Waals surface area contributed by atoms with Crippen molar-refractivity contribution in [3.05, 3.63) is 67.2 Å². The van der Waals surface area contributed by atoms with Gasteiger partial charge >= 0.3 is 0 Å². The van der Waals surface area contributed by atoms with Crippen molar-refractivity contribution in [3.63, 3.8) is 0 Å². The van der Waals surface area contributed by atoms with Gasteiger partial charge in [0.1, 0.15) is 11.4 Å². The van der Waals surface area contributed by atoms with Gasteiger partial charge in [0.15, 0.2) is 0 Å². The lowest BCUT2D eigenvalue weighted by Gasteiger charge is -2.35. The van der Waals surface area contributed by atoms with Gasteiger partial charge in [-0.2, -0.15) is 0 Å². The Balaban J connectivity index is 1.68. The van der Waals surface area contributed by atoms with E-state index in [4.69, 9.17) is 39.5 Å². The van der Waals surface area contributed by atoms with Crippen molar-refractivity contribution >= 4 is 58.2 Å². The molecule has 0 unspecified atom stereocenters. The second-order valence-electron chi connectivity index (χ2n) is 6.55. The van der Waals surface area contributed by atoms with E-state index < -0.39 is 4.92 Å². The predicted octanol–water partition coefficient (Wildman–Crippen LogP) is 4.93. The fourth-order valence-electron chi connectivity index (χ4n) is 3.26. The minimum Gasteiger partial charge on any atom is -0.495 e. The maximum absolute atomic E-state index is 12.6. The number of halogens is 3. The average molecular weight is 471 g/mol. The van der Waals surface area contributed by atoms with E-state index in [0.717, 1.165) is 0 Å². The van der Waals surface area contributed by atoms with Crippen LogP contribution in [0.4, 0.5) is 11.4 Å². The Morgan fingerprint density at radius 2 is 1.80 bits per heavy atom. The van der Waals surface area contributed by atoms with Crippen LogP contribution in [-0.4, -0.2) is 49.0 Å². The zero-order valence-electron chi connectivity index (χ0n) is 16.0. The maximum Gasteiger partial charge on any atom is 0.294 e. The Morgan fingerprint density at radius 3 is 2.43 bits per heavy atom. The predicted molar refractivity (Wildman–Crippen MR) is 119 cm³/mol. The molecule has 7 nitrogen and oxygen atoms in total. The van der Waals surface area contributed by atoms with Crippen molar-refractivity contribution in [3.8, 4) is 5.75 Å². The zero-order valence-corrected chi connectivity index (χ0v) is 18.2. The van der Waals surface area contributed by atoms with E-state index in [1.165, 1.54) is 19.3 Å². The summed E-state index contributed by atoms with van der Waals surface area (Å²) < 4.78 is 5.27. The lowest BCUT2D eigenvalue weighted by atomic mass is 10.1. The third-order valence-electron chi connectivity index (χ3n) is 4.71. The Bertz CT molecular complexity index is 1010. The van der Waals surface area contributed by atoms with Crippen molar-refractivity contribution in [2.75, 3.05) is 38.2 Å². The quantitative estimate of drug-likeness (QED) is 0.352. The molecular formula is C20H18Cl3N3O4. The molecule has 1 heterocycles. The highest BCUT2D eigenvalue weighted by Crippen LogP contribution is 2.33. The molecule has 2 aromatic carbocycles. The number of nitrogens with zero attached hydrogens (tertiary/aromatic N) is 3. The first-order valence-corrected chi connectivity index (χ1v) is 10.1. The lowest BCUT2D eigenvalue weighted by molar-refractivity contribution is -0.384. The van der Waals surface area contributed by atoms with Crippen LogP contribution in [-0.2, 0) is 4.79 Å². The van der Waals surface area contributed by atoms with Crippen LogP contribution in [0.5, 0.6) is 5.75 Å². The number of carbonyl (C=O) groups excluding carboxylic acids is 1. The Kier molecular flexibility index (Phi) is 7.07. The van der Waals surface area contributed by atoms with Crippen molar-refractivity contribution in [2.45, 2.75) is 0 Å². The molecule has 1 saturated heterocycles. The summed E-state index contributed by atoms with van der Waals surface area (Å²) in [6.07, 6.45) is 3.04. The number of benzene rings is 2. The first-order valence-electron chi connectivity index (χ1n) is 8.99. The molecule has 0 N–H and O–H groups in total. The summed E-state index contributed by atoms with van der Waals surface area (Å²) in [6, 6.07) is 7.81. The van der Waals surface area contributed by atoms with Crippen molar-refractivity contribution in [1.29, 1.82) is 0 Å². The standard InChI is InChI=1S/C20H18Cl3N3O4/c1-30-20-13(10-15(22)11-16(20)23)2-5-19(27)25-8-6-24(7-9-25)17-4-3-14(21)12-18(17)26(28)29/h2-5,10-12H,6-9H2,1H3. The number of carbonyl (C=O) groups is 1. The fraction of sp³-hybridized carbons (Fsp3) is 0.250. The van der Waals surface area contributed by atoms with Crippen molar-refractivity contribution < 1.29 is 14.5 Å². The van der Waals surface area contributed by atoms with Gasteiger partial charge in [-0.3, -0.25) is 14.9 Å². The number of piperazine rings is 1. The van der Waals surface area contributed by atoms with Crippen LogP contribution in [0.2, 0.25) is 15.1 Å². The maximum atomic E-state index is 12.6. The smallest absolute Gasteiger partial charge is 0.294 e. The molecule has 1 aliphatic heterocycles. The third kappa shape index (κ3) is 4.98. The summed E-state index contributed by atoms with van der Waals surface area (Å²) in [5.74, 6) is 0.253. The summed E-state index contributed by atoms with van der Waals surface area (Å²) in [7, 11) is 1.49. The normalized spacial score (nSPS) is 14.3. The number of hydrogen-bond donors (Lipinski definition) is 0. The molecule has 0 aliphatic carbocycles. The topological polar surface area (TPSA) is 75.9 Å². The first kappa shape index (κ1) is 22.2. The molecule has 0 spiro atoms. The van der Waals surface area contributed by atoms with Gasteiger partial charge in [-0.15, -0.1) is 0 Å². The number of nitro benzene ring substituents is 1. The molecule has 1 fully saturated rings. The number of nitro groups is 1. The summed E-state index contributed by atoms with van der Waals surface area (Å²) >= 11 is 18.0. The second kappa shape index (κ2) is 9.55. The summed E-state index contributed by atoms with van der Waals surface area (Å²) in [6.45, 7) is 1.79. The molecule has 0 bridgehead atoms. The first-order chi connectivity index (χ1) is 14.3. The molecule has 30 heavy (non-hydrogen) atoms. The Hall–Kier alpha value is -2.48. The van der Waals surface area contributed by atoms with Gasteiger partial charge < -0.3 is 14.5 Å². The molecule has 0 aromatic heterocycles. The zero-order chi connectivity index (χ0) is 21.8. The van der Waals surface area contributed by atoms with Crippen LogP contribution in [0.3, 0.4) is 0 Å².